The second-order valence-electron chi connectivity index (χ2n) is 4.48. The van der Waals surface area contributed by atoms with Gasteiger partial charge in [0.05, 0.1) is 18.8 Å². The Labute approximate surface area is 135 Å². The first-order valence-electron chi connectivity index (χ1n) is 6.69. The molecule has 126 valence electrons. The third-order valence-electron chi connectivity index (χ3n) is 2.93. The van der Waals surface area contributed by atoms with E-state index in [2.05, 4.69) is 23.1 Å². The molecule has 0 saturated heterocycles. The molecule has 1 rings (SSSR count). The van der Waals surface area contributed by atoms with Gasteiger partial charge in [0, 0.05) is 0 Å². The van der Waals surface area contributed by atoms with Gasteiger partial charge >= 0.3 is 6.18 Å². The van der Waals surface area contributed by atoms with Gasteiger partial charge in [-0.15, -0.1) is 0 Å². The van der Waals surface area contributed by atoms with Gasteiger partial charge < -0.3 is 9.05 Å². The molecule has 0 radical (unpaired) electrons. The van der Waals surface area contributed by atoms with Gasteiger partial charge in [0.15, 0.2) is 8.38 Å². The maximum Gasteiger partial charge on any atom is 0.416 e. The van der Waals surface area contributed by atoms with E-state index in [-0.39, 0.29) is 0 Å². The van der Waals surface area contributed by atoms with Crippen LogP contribution >= 0.6 is 21.2 Å². The normalized spacial score (nSPS) is 15.1. The van der Waals surface area contributed by atoms with Crippen molar-refractivity contribution in [1.29, 1.82) is 0 Å². The van der Waals surface area contributed by atoms with Crippen molar-refractivity contribution in [2.45, 2.75) is 32.2 Å². The highest BCUT2D eigenvalue weighted by Gasteiger charge is 2.39. The smallest absolute Gasteiger partial charge is 0.333 e. The van der Waals surface area contributed by atoms with Gasteiger partial charge in [-0.2, -0.15) is 13.2 Å². The molecule has 2 N–H and O–H groups in total. The molecular weight excluding hydrogens is 336 g/mol. The van der Waals surface area contributed by atoms with Crippen LogP contribution in [0.25, 0.3) is 0 Å². The molecule has 0 saturated carbocycles. The van der Waals surface area contributed by atoms with Crippen LogP contribution in [0.5, 0.6) is 0 Å². The van der Waals surface area contributed by atoms with Crippen molar-refractivity contribution in [3.05, 3.63) is 35.4 Å². The largest absolute Gasteiger partial charge is 0.416 e. The molecule has 1 atom stereocenters. The molecule has 9 heteroatoms. The number of halogens is 3. The Morgan fingerprint density at radius 3 is 1.86 bits per heavy atom. The fraction of sp³-hybridized carbons (Fsp3) is 0.538. The molecule has 0 unspecified atom stereocenters. The number of thiol groups is 1. The molecule has 4 nitrogen and oxygen atoms in total. The summed E-state index contributed by atoms with van der Waals surface area (Å²) in [5, 5.41) is -0.854. The second kappa shape index (κ2) is 8.47. The highest BCUT2D eigenvalue weighted by Crippen LogP contribution is 2.55. The maximum absolute atomic E-state index is 12.7. The molecule has 1 aromatic carbocycles. The predicted molar refractivity (Wildman–Crippen MR) is 84.2 cm³/mol. The summed E-state index contributed by atoms with van der Waals surface area (Å²) in [5.41, 5.74) is 2.82. The number of rotatable bonds is 8. The third-order valence-corrected chi connectivity index (χ3v) is 5.13. The van der Waals surface area contributed by atoms with Crippen molar-refractivity contribution in [3.63, 3.8) is 0 Å². The number of hydrogen-bond donors (Lipinski definition) is 3. The number of hydrogen-bond acceptors (Lipinski definition) is 5. The zero-order valence-electron chi connectivity index (χ0n) is 12.6. The van der Waals surface area contributed by atoms with Gasteiger partial charge in [-0.3, -0.25) is 0 Å². The summed E-state index contributed by atoms with van der Waals surface area (Å²) in [4.78, 5) is 2.53. The first-order valence-corrected chi connectivity index (χ1v) is 8.32. The molecule has 0 fully saturated rings. The Morgan fingerprint density at radius 2 is 1.50 bits per heavy atom. The van der Waals surface area contributed by atoms with Gasteiger partial charge in [-0.05, 0) is 38.5 Å². The van der Waals surface area contributed by atoms with Crippen LogP contribution in [0.1, 0.15) is 31.9 Å². The highest BCUT2D eigenvalue weighted by atomic mass is 32.1. The van der Waals surface area contributed by atoms with Gasteiger partial charge in [0.2, 0.25) is 0 Å². The monoisotopic (exact) mass is 356 g/mol. The van der Waals surface area contributed by atoms with Crippen LogP contribution in [0.15, 0.2) is 24.3 Å². The van der Waals surface area contributed by atoms with E-state index in [0.717, 1.165) is 12.1 Å². The number of hydrazine groups is 1. The van der Waals surface area contributed by atoms with Crippen molar-refractivity contribution >= 4 is 21.2 Å². The van der Waals surface area contributed by atoms with E-state index in [1.807, 2.05) is 13.8 Å². The SMILES string of the molecule is CCOP(OCC)[C@@](C)(NNS)c1ccc(C(F)(F)F)cc1. The molecule has 0 heterocycles. The lowest BCUT2D eigenvalue weighted by Crippen LogP contribution is -2.43. The van der Waals surface area contributed by atoms with Crippen LogP contribution in [0, 0.1) is 0 Å². The van der Waals surface area contributed by atoms with Crippen molar-refractivity contribution < 1.29 is 22.2 Å². The molecule has 0 spiro atoms. The maximum atomic E-state index is 12.7. The van der Waals surface area contributed by atoms with Crippen molar-refractivity contribution in [1.82, 2.24) is 10.3 Å². The van der Waals surface area contributed by atoms with E-state index in [1.165, 1.54) is 12.1 Å². The van der Waals surface area contributed by atoms with E-state index in [4.69, 9.17) is 9.05 Å². The predicted octanol–water partition coefficient (Wildman–Crippen LogP) is 4.20. The van der Waals surface area contributed by atoms with Crippen LogP contribution in [0.3, 0.4) is 0 Å². The van der Waals surface area contributed by atoms with Crippen molar-refractivity contribution in [2.75, 3.05) is 13.2 Å². The fourth-order valence-corrected chi connectivity index (χ4v) is 3.72. The Hall–Kier alpha value is -0.370. The Kier molecular flexibility index (Phi) is 7.58. The van der Waals surface area contributed by atoms with E-state index < -0.39 is 25.4 Å². The van der Waals surface area contributed by atoms with Crippen LogP contribution in [-0.4, -0.2) is 13.2 Å². The Balaban J connectivity index is 3.16. The molecular formula is C13H20F3N2O2PS. The lowest BCUT2D eigenvalue weighted by molar-refractivity contribution is -0.137. The quantitative estimate of drug-likeness (QED) is 0.371. The van der Waals surface area contributed by atoms with Gasteiger partial charge in [-0.25, -0.2) is 10.3 Å². The summed E-state index contributed by atoms with van der Waals surface area (Å²) < 4.78 is 49.3. The molecule has 22 heavy (non-hydrogen) atoms. The number of alkyl halides is 3. The zero-order chi connectivity index (χ0) is 16.8. The topological polar surface area (TPSA) is 42.5 Å². The van der Waals surface area contributed by atoms with Crippen LogP contribution in [0.2, 0.25) is 0 Å². The molecule has 0 amide bonds. The lowest BCUT2D eigenvalue weighted by atomic mass is 10.1. The summed E-state index contributed by atoms with van der Waals surface area (Å²) >= 11 is 3.92. The Morgan fingerprint density at radius 1 is 1.05 bits per heavy atom. The van der Waals surface area contributed by atoms with Gasteiger partial charge in [-0.1, -0.05) is 24.9 Å². The summed E-state index contributed by atoms with van der Waals surface area (Å²) in [6.45, 7) is 6.30. The third kappa shape index (κ3) is 4.81. The van der Waals surface area contributed by atoms with E-state index >= 15 is 0 Å². The minimum atomic E-state index is -4.37. The zero-order valence-corrected chi connectivity index (χ0v) is 14.4. The highest BCUT2D eigenvalue weighted by molar-refractivity contribution is 7.78. The van der Waals surface area contributed by atoms with Crippen molar-refractivity contribution in [3.8, 4) is 0 Å². The molecule has 0 bridgehead atoms. The average Bonchev–Trinajstić information content (AvgIpc) is 2.46. The molecule has 0 aliphatic carbocycles. The first-order chi connectivity index (χ1) is 10.3. The van der Waals surface area contributed by atoms with E-state index in [1.54, 1.807) is 6.92 Å². The van der Waals surface area contributed by atoms with Crippen LogP contribution in [-0.2, 0) is 20.5 Å². The second-order valence-corrected chi connectivity index (χ2v) is 6.63. The molecule has 0 aliphatic rings. The van der Waals surface area contributed by atoms with Crippen molar-refractivity contribution in [2.24, 2.45) is 0 Å². The van der Waals surface area contributed by atoms with Crippen LogP contribution in [0.4, 0.5) is 13.2 Å². The average molecular weight is 356 g/mol. The lowest BCUT2D eigenvalue weighted by Gasteiger charge is -2.36. The molecule has 1 aromatic rings. The summed E-state index contributed by atoms with van der Waals surface area (Å²) in [7, 11) is -1.43. The van der Waals surface area contributed by atoms with E-state index in [9.17, 15) is 13.2 Å². The first kappa shape index (κ1) is 19.7. The van der Waals surface area contributed by atoms with Gasteiger partial charge in [0.25, 0.3) is 0 Å². The summed E-state index contributed by atoms with van der Waals surface area (Å²) in [5.74, 6) is 0. The summed E-state index contributed by atoms with van der Waals surface area (Å²) in [6.07, 6.45) is -4.37. The minimum Gasteiger partial charge on any atom is -0.333 e. The molecule has 0 aromatic heterocycles. The van der Waals surface area contributed by atoms with E-state index in [0.29, 0.717) is 18.8 Å². The minimum absolute atomic E-state index is 0.427. The summed E-state index contributed by atoms with van der Waals surface area (Å²) in [6, 6.07) is 4.90. The standard InChI is InChI=1S/C13H20F3N2O2PS/c1-4-19-21(20-5-2)12(3,17-18-22)10-6-8-11(9-7-10)13(14,15)16/h6-9,17-18,22H,4-5H2,1-3H3/t12-/m1/s1. The Bertz CT molecular complexity index is 456. The van der Waals surface area contributed by atoms with Crippen LogP contribution < -0.4 is 10.3 Å². The fourth-order valence-electron chi connectivity index (χ4n) is 1.85. The number of benzene rings is 1. The number of nitrogens with one attached hydrogen (secondary N) is 2. The van der Waals surface area contributed by atoms with Gasteiger partial charge in [0.1, 0.15) is 5.28 Å². The molecule has 0 aliphatic heterocycles.